The van der Waals surface area contributed by atoms with Crippen molar-refractivity contribution in [3.05, 3.63) is 47.3 Å². The number of halogens is 3. The summed E-state index contributed by atoms with van der Waals surface area (Å²) >= 11 is 0. The van der Waals surface area contributed by atoms with Gasteiger partial charge in [-0.1, -0.05) is 12.1 Å². The molecule has 1 unspecified atom stereocenters. The molecular weight excluding hydrogens is 551 g/mol. The molecule has 3 heterocycles. The number of piperidine rings is 1. The summed E-state index contributed by atoms with van der Waals surface area (Å²) in [6.45, 7) is 1.98. The molecule has 0 saturated carbocycles. The number of amides is 2. The van der Waals surface area contributed by atoms with Crippen molar-refractivity contribution < 1.29 is 27.9 Å². The fraction of sp³-hybridized carbons (Fsp3) is 0.552. The van der Waals surface area contributed by atoms with E-state index in [1.807, 2.05) is 17.0 Å². The molecule has 42 heavy (non-hydrogen) atoms. The number of nitrogens with zero attached hydrogens (tertiary/aromatic N) is 5. The molecule has 2 fully saturated rings. The van der Waals surface area contributed by atoms with Crippen molar-refractivity contribution in [2.45, 2.75) is 57.2 Å². The summed E-state index contributed by atoms with van der Waals surface area (Å²) < 4.78 is 41.3. The van der Waals surface area contributed by atoms with E-state index < -0.39 is 18.0 Å². The quantitative estimate of drug-likeness (QED) is 0.345. The number of aliphatic hydroxyl groups is 1. The van der Waals surface area contributed by atoms with Crippen LogP contribution < -0.4 is 20.4 Å². The molecule has 1 aromatic heterocycles. The largest absolute Gasteiger partial charge is 0.451 e. The Kier molecular flexibility index (Phi) is 10.6. The number of aromatic nitrogens is 2. The number of nitrogens with one attached hydrogen (secondary N) is 2. The minimum absolute atomic E-state index is 0.0850. The van der Waals surface area contributed by atoms with E-state index >= 15 is 0 Å². The Bertz CT molecular complexity index is 1260. The van der Waals surface area contributed by atoms with Crippen LogP contribution in [0.1, 0.15) is 55.5 Å². The molecule has 0 aliphatic carbocycles. The highest BCUT2D eigenvalue weighted by Gasteiger charge is 2.40. The van der Waals surface area contributed by atoms with Crippen molar-refractivity contribution in [1.29, 1.82) is 5.26 Å². The van der Waals surface area contributed by atoms with E-state index in [1.54, 1.807) is 17.0 Å². The van der Waals surface area contributed by atoms with Crippen LogP contribution in [-0.4, -0.2) is 72.3 Å². The minimum atomic E-state index is -4.73. The highest BCUT2D eigenvalue weighted by Crippen LogP contribution is 2.34. The molecule has 4 rings (SSSR count). The number of benzene rings is 1. The summed E-state index contributed by atoms with van der Waals surface area (Å²) in [5.74, 6) is -0.947. The molecule has 10 nitrogen and oxygen atoms in total. The smallest absolute Gasteiger partial charge is 0.395 e. The van der Waals surface area contributed by atoms with Gasteiger partial charge >= 0.3 is 6.18 Å². The Morgan fingerprint density at radius 2 is 1.74 bits per heavy atom. The molecule has 13 heteroatoms. The second-order valence-electron chi connectivity index (χ2n) is 10.6. The van der Waals surface area contributed by atoms with Crippen LogP contribution in [0.25, 0.3) is 0 Å². The van der Waals surface area contributed by atoms with Gasteiger partial charge in [0.2, 0.25) is 17.6 Å². The van der Waals surface area contributed by atoms with E-state index in [9.17, 15) is 22.8 Å². The first kappa shape index (κ1) is 31.0. The zero-order chi connectivity index (χ0) is 30.1. The number of alkyl halides is 3. The van der Waals surface area contributed by atoms with E-state index in [0.29, 0.717) is 63.3 Å². The normalized spacial score (nSPS) is 17.4. The lowest BCUT2D eigenvalue weighted by Crippen LogP contribution is -2.57. The fourth-order valence-electron chi connectivity index (χ4n) is 5.27. The molecular formula is C29H36F3N7O3. The van der Waals surface area contributed by atoms with E-state index in [-0.39, 0.29) is 36.6 Å². The van der Waals surface area contributed by atoms with Gasteiger partial charge in [-0.15, -0.1) is 0 Å². The zero-order valence-corrected chi connectivity index (χ0v) is 23.4. The zero-order valence-electron chi connectivity index (χ0n) is 23.4. The van der Waals surface area contributed by atoms with Crippen LogP contribution in [0.4, 0.5) is 24.8 Å². The lowest BCUT2D eigenvalue weighted by Gasteiger charge is -2.41. The summed E-state index contributed by atoms with van der Waals surface area (Å²) in [6.07, 6.45) is -0.184. The molecule has 2 aliphatic rings. The molecule has 0 radical (unpaired) electrons. The Hall–Kier alpha value is -3.92. The van der Waals surface area contributed by atoms with E-state index in [4.69, 9.17) is 10.4 Å². The second-order valence-corrected chi connectivity index (χ2v) is 10.6. The fourth-order valence-corrected chi connectivity index (χ4v) is 5.27. The minimum Gasteiger partial charge on any atom is -0.395 e. The molecule has 226 valence electrons. The lowest BCUT2D eigenvalue weighted by molar-refractivity contribution is -0.144. The molecule has 1 aromatic carbocycles. The number of rotatable bonds is 12. The number of aliphatic hydroxyl groups excluding tert-OH is 1. The number of anilines is 2. The third-order valence-corrected chi connectivity index (χ3v) is 7.75. The van der Waals surface area contributed by atoms with Gasteiger partial charge < -0.3 is 25.5 Å². The summed E-state index contributed by atoms with van der Waals surface area (Å²) in [5, 5.41) is 23.2. The second kappa shape index (κ2) is 14.3. The first-order chi connectivity index (χ1) is 20.2. The van der Waals surface area contributed by atoms with Crippen molar-refractivity contribution in [2.75, 3.05) is 49.1 Å². The highest BCUT2D eigenvalue weighted by atomic mass is 19.4. The number of hydrogen-bond acceptors (Lipinski definition) is 8. The van der Waals surface area contributed by atoms with Gasteiger partial charge in [-0.25, -0.2) is 9.97 Å². The summed E-state index contributed by atoms with van der Waals surface area (Å²) in [7, 11) is 0. The van der Waals surface area contributed by atoms with Crippen molar-refractivity contribution >= 4 is 23.5 Å². The molecule has 0 spiro atoms. The van der Waals surface area contributed by atoms with Crippen LogP contribution in [0.3, 0.4) is 0 Å². The Morgan fingerprint density at radius 1 is 1.02 bits per heavy atom. The van der Waals surface area contributed by atoms with Crippen molar-refractivity contribution in [1.82, 2.24) is 20.6 Å². The average Bonchev–Trinajstić information content (AvgIpc) is 2.95. The van der Waals surface area contributed by atoms with Crippen LogP contribution >= 0.6 is 0 Å². The maximum atomic E-state index is 13.8. The first-order valence-electron chi connectivity index (χ1n) is 14.3. The van der Waals surface area contributed by atoms with Gasteiger partial charge in [0, 0.05) is 45.2 Å². The SMILES string of the molecule is N#Cc1ccc(CCNC(=O)C2CCN2c2cc(N3CCC(CCCC(=O)NCCO)CC3)nc(C(F)(F)F)n2)cc1. The van der Waals surface area contributed by atoms with E-state index in [2.05, 4.69) is 26.7 Å². The van der Waals surface area contributed by atoms with Gasteiger partial charge in [0.05, 0.1) is 18.2 Å². The van der Waals surface area contributed by atoms with Crippen molar-refractivity contribution in [3.8, 4) is 6.07 Å². The Morgan fingerprint density at radius 3 is 2.36 bits per heavy atom. The van der Waals surface area contributed by atoms with E-state index in [1.165, 1.54) is 6.07 Å². The molecule has 2 saturated heterocycles. The van der Waals surface area contributed by atoms with Crippen LogP contribution in [0.5, 0.6) is 0 Å². The summed E-state index contributed by atoms with van der Waals surface area (Å²) in [6, 6.07) is 10.0. The van der Waals surface area contributed by atoms with Gasteiger partial charge in [0.25, 0.3) is 0 Å². The molecule has 2 aliphatic heterocycles. The van der Waals surface area contributed by atoms with Crippen LogP contribution in [0, 0.1) is 17.2 Å². The predicted molar refractivity (Wildman–Crippen MR) is 150 cm³/mol. The molecule has 2 amide bonds. The van der Waals surface area contributed by atoms with Crippen LogP contribution in [0.15, 0.2) is 30.3 Å². The molecule has 0 bridgehead atoms. The van der Waals surface area contributed by atoms with E-state index in [0.717, 1.165) is 24.8 Å². The van der Waals surface area contributed by atoms with Crippen molar-refractivity contribution in [3.63, 3.8) is 0 Å². The first-order valence-corrected chi connectivity index (χ1v) is 14.3. The van der Waals surface area contributed by atoms with Crippen molar-refractivity contribution in [2.24, 2.45) is 5.92 Å². The topological polar surface area (TPSA) is 134 Å². The Labute approximate surface area is 242 Å². The summed E-state index contributed by atoms with van der Waals surface area (Å²) in [4.78, 5) is 35.7. The lowest BCUT2D eigenvalue weighted by atomic mass is 9.91. The number of carbonyl (C=O) groups excluding carboxylic acids is 2. The average molecular weight is 588 g/mol. The van der Waals surface area contributed by atoms with Gasteiger partial charge in [-0.05, 0) is 62.1 Å². The Balaban J connectivity index is 1.34. The standard InChI is InChI=1S/C29H36F3N7O3/c30-29(31,32)28-36-24(38-14-9-20(10-15-38)2-1-3-26(41)34-13-17-40)18-25(37-28)39-16-11-23(39)27(42)35-12-8-21-4-6-22(19-33)7-5-21/h4-7,18,20,23,40H,1-3,8-17H2,(H,34,41)(H,35,42). The predicted octanol–water partition coefficient (Wildman–Crippen LogP) is 2.80. The van der Waals surface area contributed by atoms with Gasteiger partial charge in [0.1, 0.15) is 17.7 Å². The highest BCUT2D eigenvalue weighted by molar-refractivity contribution is 5.86. The summed E-state index contributed by atoms with van der Waals surface area (Å²) in [5.41, 5.74) is 1.51. The van der Waals surface area contributed by atoms with Crippen LogP contribution in [-0.2, 0) is 22.2 Å². The maximum absolute atomic E-state index is 13.8. The molecule has 2 aromatic rings. The monoisotopic (exact) mass is 587 g/mol. The molecule has 3 N–H and O–H groups in total. The third-order valence-electron chi connectivity index (χ3n) is 7.75. The van der Waals surface area contributed by atoms with Gasteiger partial charge in [-0.3, -0.25) is 9.59 Å². The number of hydrogen-bond donors (Lipinski definition) is 3. The third kappa shape index (κ3) is 8.31. The number of nitriles is 1. The van der Waals surface area contributed by atoms with Crippen LogP contribution in [0.2, 0.25) is 0 Å². The van der Waals surface area contributed by atoms with Gasteiger partial charge in [0.15, 0.2) is 0 Å². The molecule has 1 atom stereocenters. The maximum Gasteiger partial charge on any atom is 0.451 e. The van der Waals surface area contributed by atoms with Gasteiger partial charge in [-0.2, -0.15) is 18.4 Å². The number of carbonyl (C=O) groups is 2.